The molecule has 7 nitrogen and oxygen atoms in total. The molecule has 7 heteroatoms. The molecule has 174 valence electrons. The van der Waals surface area contributed by atoms with E-state index in [0.29, 0.717) is 6.42 Å². The third-order valence-corrected chi connectivity index (χ3v) is 6.47. The van der Waals surface area contributed by atoms with Gasteiger partial charge in [0.1, 0.15) is 0 Å². The van der Waals surface area contributed by atoms with Gasteiger partial charge in [0.05, 0.1) is 11.8 Å². The second-order valence-corrected chi connectivity index (χ2v) is 8.84. The van der Waals surface area contributed by atoms with Crippen LogP contribution in [0.2, 0.25) is 0 Å². The lowest BCUT2D eigenvalue weighted by Gasteiger charge is -2.38. The average Bonchev–Trinajstić information content (AvgIpc) is 3.38. The Morgan fingerprint density at radius 2 is 1.71 bits per heavy atom. The molecule has 0 spiro atoms. The quantitative estimate of drug-likeness (QED) is 0.616. The van der Waals surface area contributed by atoms with Gasteiger partial charge in [-0.1, -0.05) is 47.6 Å². The number of likely N-dealkylation sites (N-methyl/N-ethyl adjacent to an activating group) is 1. The number of oxime groups is 1. The molecule has 1 aromatic heterocycles. The molecule has 0 radical (unpaired) electrons. The Bertz CT molecular complexity index is 1130. The second-order valence-electron chi connectivity index (χ2n) is 8.84. The monoisotopic (exact) mass is 455 g/mol. The minimum atomic E-state index is -0.641. The summed E-state index contributed by atoms with van der Waals surface area (Å²) in [5.74, 6) is -0.200. The molecule has 0 saturated carbocycles. The van der Waals surface area contributed by atoms with Crippen molar-refractivity contribution in [1.29, 1.82) is 0 Å². The van der Waals surface area contributed by atoms with E-state index in [1.54, 1.807) is 12.4 Å². The number of benzene rings is 2. The van der Waals surface area contributed by atoms with Crippen molar-refractivity contribution in [3.8, 4) is 0 Å². The zero-order valence-corrected chi connectivity index (χ0v) is 19.3. The molecule has 1 saturated heterocycles. The highest BCUT2D eigenvalue weighted by molar-refractivity contribution is 6.05. The summed E-state index contributed by atoms with van der Waals surface area (Å²) in [6.07, 6.45) is 3.22. The van der Waals surface area contributed by atoms with Gasteiger partial charge < -0.3 is 15.1 Å². The molecule has 0 aliphatic carbocycles. The van der Waals surface area contributed by atoms with Crippen molar-refractivity contribution in [1.82, 2.24) is 14.8 Å². The van der Waals surface area contributed by atoms with Crippen LogP contribution in [0.25, 0.3) is 0 Å². The number of carbonyl (C=O) groups excluding carboxylic acids is 1. The van der Waals surface area contributed by atoms with E-state index in [-0.39, 0.29) is 11.9 Å². The van der Waals surface area contributed by atoms with Crippen LogP contribution in [-0.4, -0.2) is 65.7 Å². The minimum absolute atomic E-state index is 0.188. The van der Waals surface area contributed by atoms with E-state index in [1.807, 2.05) is 24.3 Å². The zero-order valence-electron chi connectivity index (χ0n) is 19.3. The summed E-state index contributed by atoms with van der Waals surface area (Å²) in [6, 6.07) is 22.7. The molecule has 0 bridgehead atoms. The van der Waals surface area contributed by atoms with Crippen LogP contribution >= 0.6 is 0 Å². The smallest absolute Gasteiger partial charge is 0.268 e. The van der Waals surface area contributed by atoms with E-state index >= 15 is 0 Å². The van der Waals surface area contributed by atoms with Crippen LogP contribution in [0, 0.1) is 0 Å². The molecular weight excluding hydrogens is 426 g/mol. The highest BCUT2D eigenvalue weighted by Crippen LogP contribution is 2.30. The van der Waals surface area contributed by atoms with Gasteiger partial charge in [-0.15, -0.1) is 0 Å². The van der Waals surface area contributed by atoms with Gasteiger partial charge in [0.15, 0.2) is 0 Å². The molecule has 1 fully saturated rings. The van der Waals surface area contributed by atoms with E-state index in [1.165, 1.54) is 11.1 Å². The van der Waals surface area contributed by atoms with Crippen molar-refractivity contribution in [3.05, 3.63) is 95.8 Å². The predicted molar refractivity (Wildman–Crippen MR) is 133 cm³/mol. The number of pyridine rings is 1. The van der Waals surface area contributed by atoms with Gasteiger partial charge in [-0.2, -0.15) is 0 Å². The summed E-state index contributed by atoms with van der Waals surface area (Å²) in [7, 11) is 2.17. The van der Waals surface area contributed by atoms with Crippen LogP contribution < -0.4 is 5.32 Å². The number of anilines is 1. The lowest BCUT2D eigenvalue weighted by molar-refractivity contribution is -0.125. The van der Waals surface area contributed by atoms with E-state index in [9.17, 15) is 4.79 Å². The van der Waals surface area contributed by atoms with Crippen molar-refractivity contribution in [3.63, 3.8) is 0 Å². The molecule has 1 N–H and O–H groups in total. The summed E-state index contributed by atoms with van der Waals surface area (Å²) in [5, 5.41) is 7.06. The van der Waals surface area contributed by atoms with Gasteiger partial charge in [-0.25, -0.2) is 0 Å². The maximum atomic E-state index is 12.8. The summed E-state index contributed by atoms with van der Waals surface area (Å²) in [4.78, 5) is 27.2. The number of piperazine rings is 1. The van der Waals surface area contributed by atoms with Crippen LogP contribution in [0.3, 0.4) is 0 Å². The molecule has 2 aromatic carbocycles. The van der Waals surface area contributed by atoms with Gasteiger partial charge in [-0.3, -0.25) is 14.7 Å². The fourth-order valence-electron chi connectivity index (χ4n) is 4.52. The van der Waals surface area contributed by atoms with Crippen LogP contribution in [-0.2, 0) is 9.63 Å². The molecule has 3 heterocycles. The number of aromatic nitrogens is 1. The van der Waals surface area contributed by atoms with E-state index < -0.39 is 6.10 Å². The fourth-order valence-corrected chi connectivity index (χ4v) is 4.52. The van der Waals surface area contributed by atoms with Gasteiger partial charge in [0, 0.05) is 56.2 Å². The summed E-state index contributed by atoms with van der Waals surface area (Å²) < 4.78 is 0. The number of carbonyl (C=O) groups is 1. The summed E-state index contributed by atoms with van der Waals surface area (Å²) in [6.45, 7) is 4.16. The van der Waals surface area contributed by atoms with Crippen LogP contribution in [0.15, 0.2) is 84.3 Å². The first-order valence-electron chi connectivity index (χ1n) is 11.7. The Hall–Kier alpha value is -3.55. The van der Waals surface area contributed by atoms with E-state index in [2.05, 4.69) is 74.8 Å². The molecule has 2 unspecified atom stereocenters. The summed E-state index contributed by atoms with van der Waals surface area (Å²) in [5.41, 5.74) is 4.85. The van der Waals surface area contributed by atoms with Gasteiger partial charge in [0.2, 0.25) is 6.10 Å². The minimum Gasteiger partial charge on any atom is -0.382 e. The number of amides is 1. The number of rotatable bonds is 6. The third kappa shape index (κ3) is 5.00. The zero-order chi connectivity index (χ0) is 23.3. The molecule has 3 aromatic rings. The van der Waals surface area contributed by atoms with Gasteiger partial charge in [0.25, 0.3) is 5.91 Å². The number of nitrogens with zero attached hydrogens (tertiary/aromatic N) is 4. The molecule has 2 aliphatic heterocycles. The Balaban J connectivity index is 1.26. The van der Waals surface area contributed by atoms with Gasteiger partial charge >= 0.3 is 0 Å². The Labute approximate surface area is 200 Å². The largest absolute Gasteiger partial charge is 0.382 e. The number of nitrogens with one attached hydrogen (secondary N) is 1. The Morgan fingerprint density at radius 3 is 2.41 bits per heavy atom. The summed E-state index contributed by atoms with van der Waals surface area (Å²) >= 11 is 0. The maximum absolute atomic E-state index is 12.8. The SMILES string of the molecule is CN1CCN(C(c2ccccc2)c2ccc(NC(=O)C3CC(c4cccnc4)=NO3)cc2)CC1. The standard InChI is InChI=1S/C27H29N5O2/c1-31-14-16-32(17-15-31)26(20-6-3-2-4-7-20)21-9-11-23(12-10-21)29-27(33)25-18-24(30-34-25)22-8-5-13-28-19-22/h2-13,19,25-26H,14-18H2,1H3,(H,29,33). The van der Waals surface area contributed by atoms with Crippen molar-refractivity contribution < 1.29 is 9.63 Å². The number of hydrogen-bond acceptors (Lipinski definition) is 6. The van der Waals surface area contributed by atoms with E-state index in [4.69, 9.17) is 4.84 Å². The molecule has 34 heavy (non-hydrogen) atoms. The first kappa shape index (κ1) is 22.3. The lowest BCUT2D eigenvalue weighted by atomic mass is 9.96. The van der Waals surface area contributed by atoms with Crippen LogP contribution in [0.1, 0.15) is 29.2 Å². The predicted octanol–water partition coefficient (Wildman–Crippen LogP) is 3.55. The van der Waals surface area contributed by atoms with Crippen LogP contribution in [0.5, 0.6) is 0 Å². The Kier molecular flexibility index (Phi) is 6.65. The molecule has 1 amide bonds. The van der Waals surface area contributed by atoms with E-state index in [0.717, 1.165) is 43.1 Å². The van der Waals surface area contributed by atoms with Crippen molar-refractivity contribution in [2.45, 2.75) is 18.6 Å². The number of hydrogen-bond donors (Lipinski definition) is 1. The van der Waals surface area contributed by atoms with Crippen molar-refractivity contribution in [2.24, 2.45) is 5.16 Å². The lowest BCUT2D eigenvalue weighted by Crippen LogP contribution is -2.46. The van der Waals surface area contributed by atoms with Crippen LogP contribution in [0.4, 0.5) is 5.69 Å². The molecule has 5 rings (SSSR count). The van der Waals surface area contributed by atoms with Crippen molar-refractivity contribution >= 4 is 17.3 Å². The molecule has 2 atom stereocenters. The van der Waals surface area contributed by atoms with Crippen molar-refractivity contribution in [2.75, 3.05) is 38.5 Å². The second kappa shape index (κ2) is 10.2. The Morgan fingerprint density at radius 1 is 0.971 bits per heavy atom. The molecule has 2 aliphatic rings. The maximum Gasteiger partial charge on any atom is 0.268 e. The molecular formula is C27H29N5O2. The van der Waals surface area contributed by atoms with Gasteiger partial charge in [-0.05, 0) is 42.4 Å². The first-order valence-corrected chi connectivity index (χ1v) is 11.7. The average molecular weight is 456 g/mol. The topological polar surface area (TPSA) is 70.1 Å². The fraction of sp³-hybridized carbons (Fsp3) is 0.296. The third-order valence-electron chi connectivity index (χ3n) is 6.47. The highest BCUT2D eigenvalue weighted by Gasteiger charge is 2.29. The first-order chi connectivity index (χ1) is 16.7. The highest BCUT2D eigenvalue weighted by atomic mass is 16.6. The normalized spacial score (nSPS) is 19.8.